The van der Waals surface area contributed by atoms with Crippen LogP contribution in [0, 0.1) is 35.0 Å². The van der Waals surface area contributed by atoms with Gasteiger partial charge in [-0.25, -0.2) is 0 Å². The Hall–Kier alpha value is -1.13. The van der Waals surface area contributed by atoms with Crippen LogP contribution in [-0.2, 0) is 14.3 Å². The van der Waals surface area contributed by atoms with Crippen LogP contribution in [0.3, 0.4) is 0 Å². The highest BCUT2D eigenvalue weighted by Gasteiger charge is 2.69. The van der Waals surface area contributed by atoms with Gasteiger partial charge in [0, 0.05) is 35.2 Å². The van der Waals surface area contributed by atoms with E-state index in [4.69, 9.17) is 9.47 Å². The summed E-state index contributed by atoms with van der Waals surface area (Å²) in [7, 11) is 0. The molecule has 1 saturated carbocycles. The summed E-state index contributed by atoms with van der Waals surface area (Å²) in [5.74, 6) is -2.97. The Labute approximate surface area is 199 Å². The quantitative estimate of drug-likeness (QED) is 0.344. The van der Waals surface area contributed by atoms with Crippen molar-refractivity contribution in [2.75, 3.05) is 13.2 Å². The predicted molar refractivity (Wildman–Crippen MR) is 119 cm³/mol. The largest absolute Gasteiger partial charge is 0.396 e. The zero-order chi connectivity index (χ0) is 24.2. The van der Waals surface area contributed by atoms with Crippen LogP contribution in [0.2, 0.25) is 0 Å². The van der Waals surface area contributed by atoms with Crippen LogP contribution in [0.4, 0.5) is 0 Å². The Bertz CT molecular complexity index is 958. The van der Waals surface area contributed by atoms with Crippen LogP contribution in [0.5, 0.6) is 0 Å². The fraction of sp³-hybridized carbons (Fsp3) is 0.808. The number of aliphatic hydroxyl groups excluding tert-OH is 5. The molecule has 2 heterocycles. The van der Waals surface area contributed by atoms with E-state index in [-0.39, 0.29) is 42.7 Å². The molecule has 2 saturated heterocycles. The van der Waals surface area contributed by atoms with Gasteiger partial charge in [0.1, 0.15) is 12.2 Å². The normalized spacial score (nSPS) is 54.4. The number of allylic oxidation sites excluding steroid dienone is 1. The van der Waals surface area contributed by atoms with Gasteiger partial charge in [0.25, 0.3) is 0 Å². The molecule has 0 aromatic heterocycles. The molecule has 1 spiro atoms. The molecule has 3 fully saturated rings. The molecule has 0 bridgehead atoms. The summed E-state index contributed by atoms with van der Waals surface area (Å²) in [5, 5.41) is 53.1. The van der Waals surface area contributed by atoms with Crippen LogP contribution < -0.4 is 0 Å². The van der Waals surface area contributed by atoms with Gasteiger partial charge in [-0.05, 0) is 37.5 Å². The van der Waals surface area contributed by atoms with Crippen molar-refractivity contribution in [3.63, 3.8) is 0 Å². The van der Waals surface area contributed by atoms with E-state index in [9.17, 15) is 30.3 Å². The van der Waals surface area contributed by atoms with E-state index in [1.54, 1.807) is 6.92 Å². The Morgan fingerprint density at radius 3 is 2.71 bits per heavy atom. The van der Waals surface area contributed by atoms with Crippen LogP contribution in [0.15, 0.2) is 22.8 Å². The molecule has 6 aliphatic rings. The first-order valence-corrected chi connectivity index (χ1v) is 12.8. The Kier molecular flexibility index (Phi) is 5.26. The minimum atomic E-state index is -1.59. The molecule has 6 rings (SSSR count). The lowest BCUT2D eigenvalue weighted by Crippen LogP contribution is -2.62. The number of ether oxygens (including phenoxy) is 2. The Balaban J connectivity index is 1.38. The van der Waals surface area contributed by atoms with Gasteiger partial charge >= 0.3 is 0 Å². The van der Waals surface area contributed by atoms with E-state index in [0.29, 0.717) is 25.7 Å². The van der Waals surface area contributed by atoms with Gasteiger partial charge in [-0.1, -0.05) is 31.1 Å². The molecule has 34 heavy (non-hydrogen) atoms. The van der Waals surface area contributed by atoms with E-state index in [1.165, 1.54) is 0 Å². The maximum Gasteiger partial charge on any atom is 0.203 e. The van der Waals surface area contributed by atoms with E-state index in [2.05, 4.69) is 13.0 Å². The summed E-state index contributed by atoms with van der Waals surface area (Å²) in [6.45, 7) is 3.71. The fourth-order valence-electron chi connectivity index (χ4n) is 8.39. The molecule has 0 unspecified atom stereocenters. The number of Topliss-reactive ketones (excluding diaryl/α,β-unsaturated/α-hetero) is 1. The number of hydrogen-bond donors (Lipinski definition) is 5. The minimum absolute atomic E-state index is 0.0396. The van der Waals surface area contributed by atoms with Gasteiger partial charge in [-0.2, -0.15) is 0 Å². The topological polar surface area (TPSA) is 137 Å². The van der Waals surface area contributed by atoms with Crippen molar-refractivity contribution in [3.05, 3.63) is 22.8 Å². The summed E-state index contributed by atoms with van der Waals surface area (Å²) < 4.78 is 12.2. The highest BCUT2D eigenvalue weighted by Crippen LogP contribution is 2.63. The molecule has 12 atom stereocenters. The lowest BCUT2D eigenvalue weighted by Gasteiger charge is -2.54. The highest BCUT2D eigenvalue weighted by atomic mass is 16.7. The first-order valence-electron chi connectivity index (χ1n) is 12.8. The fourth-order valence-corrected chi connectivity index (χ4v) is 8.39. The van der Waals surface area contributed by atoms with Gasteiger partial charge in [0.2, 0.25) is 5.79 Å². The second-order valence-corrected chi connectivity index (χ2v) is 11.7. The van der Waals surface area contributed by atoms with Gasteiger partial charge in [0.15, 0.2) is 5.78 Å². The van der Waals surface area contributed by atoms with Crippen molar-refractivity contribution >= 4 is 5.78 Å². The summed E-state index contributed by atoms with van der Waals surface area (Å²) in [5.41, 5.74) is 2.38. The lowest BCUT2D eigenvalue weighted by atomic mass is 9.51. The molecular weight excluding hydrogens is 440 g/mol. The van der Waals surface area contributed by atoms with Gasteiger partial charge in [-0.3, -0.25) is 4.79 Å². The monoisotopic (exact) mass is 476 g/mol. The average Bonchev–Trinajstić information content (AvgIpc) is 3.28. The summed E-state index contributed by atoms with van der Waals surface area (Å²) in [6.07, 6.45) is 0.714. The molecule has 0 aromatic carbocycles. The molecule has 0 aromatic rings. The minimum Gasteiger partial charge on any atom is -0.396 e. The number of carbonyl (C=O) groups is 1. The molecule has 4 aliphatic carbocycles. The Morgan fingerprint density at radius 1 is 1.21 bits per heavy atom. The third-order valence-corrected chi connectivity index (χ3v) is 10.3. The first kappa shape index (κ1) is 23.3. The smallest absolute Gasteiger partial charge is 0.203 e. The number of fused-ring (bicyclic) bond motifs is 6. The number of rotatable bonds is 1. The van der Waals surface area contributed by atoms with Crippen molar-refractivity contribution in [3.8, 4) is 0 Å². The molecule has 188 valence electrons. The maximum atomic E-state index is 13.8. The van der Waals surface area contributed by atoms with E-state index < -0.39 is 47.6 Å². The number of ketones is 1. The molecular formula is C26H36O8. The van der Waals surface area contributed by atoms with Crippen molar-refractivity contribution in [2.45, 2.75) is 82.3 Å². The zero-order valence-electron chi connectivity index (χ0n) is 19.8. The predicted octanol–water partition coefficient (Wildman–Crippen LogP) is 0.452. The lowest BCUT2D eigenvalue weighted by molar-refractivity contribution is -0.337. The van der Waals surface area contributed by atoms with Crippen molar-refractivity contribution < 1.29 is 39.8 Å². The van der Waals surface area contributed by atoms with E-state index in [1.807, 2.05) is 0 Å². The van der Waals surface area contributed by atoms with Gasteiger partial charge < -0.3 is 35.0 Å². The number of aliphatic hydroxyl groups is 5. The van der Waals surface area contributed by atoms with Crippen molar-refractivity contribution in [2.24, 2.45) is 35.0 Å². The number of hydrogen-bond acceptors (Lipinski definition) is 8. The Morgan fingerprint density at radius 2 is 1.97 bits per heavy atom. The van der Waals surface area contributed by atoms with Crippen molar-refractivity contribution in [1.29, 1.82) is 0 Å². The molecule has 2 aliphatic heterocycles. The van der Waals surface area contributed by atoms with Gasteiger partial charge in [-0.15, -0.1) is 0 Å². The molecule has 8 nitrogen and oxygen atoms in total. The number of carbonyl (C=O) groups excluding carboxylic acids is 1. The molecule has 0 amide bonds. The van der Waals surface area contributed by atoms with Crippen LogP contribution in [0.25, 0.3) is 0 Å². The molecule has 8 heteroatoms. The first-order chi connectivity index (χ1) is 16.1. The highest BCUT2D eigenvalue weighted by molar-refractivity contribution is 6.04. The van der Waals surface area contributed by atoms with Crippen LogP contribution in [-0.4, -0.2) is 80.8 Å². The van der Waals surface area contributed by atoms with Crippen LogP contribution >= 0.6 is 0 Å². The zero-order valence-corrected chi connectivity index (χ0v) is 19.8. The van der Waals surface area contributed by atoms with E-state index >= 15 is 0 Å². The molecule has 5 N–H and O–H groups in total. The maximum absolute atomic E-state index is 13.8. The SMILES string of the molecule is C[C@H]1CO[C@@]2(O[C@@H]3C(=O)C4=C(CC[C@H]5[C@H]4CC=C4C[C@@H](O)C[C@@H](O)[C@@]45C)[C@@H]3[C@@H]2CO)[C@@H](O)[C@@H]1O. The van der Waals surface area contributed by atoms with Crippen LogP contribution in [0.1, 0.15) is 46.0 Å². The second-order valence-electron chi connectivity index (χ2n) is 11.7. The summed E-state index contributed by atoms with van der Waals surface area (Å²) in [6, 6.07) is 0. The van der Waals surface area contributed by atoms with Gasteiger partial charge in [0.05, 0.1) is 31.5 Å². The van der Waals surface area contributed by atoms with E-state index in [0.717, 1.165) is 23.1 Å². The average molecular weight is 477 g/mol. The van der Waals surface area contributed by atoms with Crippen molar-refractivity contribution in [1.82, 2.24) is 0 Å². The standard InChI is InChI=1S/C26H36O8/c1-11-10-33-26(24(32)21(11)30)17(9-27)20-15-5-6-16-14(19(15)22(31)23(20)34-26)4-3-12-7-13(28)8-18(29)25(12,16)2/h3,11,13-14,16-18,20-21,23-24,27-30,32H,4-10H2,1-2H3/t11-,13+,14+,16-,17-,18+,20+,21+,23-,24-,25-,26-/m0/s1. The second kappa shape index (κ2) is 7.68. The molecule has 0 radical (unpaired) electrons. The summed E-state index contributed by atoms with van der Waals surface area (Å²) >= 11 is 0. The summed E-state index contributed by atoms with van der Waals surface area (Å²) in [4.78, 5) is 13.8. The third-order valence-electron chi connectivity index (χ3n) is 10.3. The third kappa shape index (κ3) is 2.76.